The molecule has 0 spiro atoms. The maximum atomic E-state index is 11.2. The highest BCUT2D eigenvalue weighted by Crippen LogP contribution is 2.37. The zero-order valence-electron chi connectivity index (χ0n) is 8.17. The number of nitrogens with two attached hydrogens (primary N) is 2. The van der Waals surface area contributed by atoms with Crippen LogP contribution in [0.15, 0.2) is 0 Å². The number of carbonyl (C=O) groups excluding carboxylic acids is 1. The van der Waals surface area contributed by atoms with Crippen LogP contribution in [0.3, 0.4) is 0 Å². The van der Waals surface area contributed by atoms with E-state index in [1.165, 1.54) is 22.6 Å². The number of nitrogen functional groups attached to an aromatic ring is 1. The average Bonchev–Trinajstić information content (AvgIpc) is 2.40. The third-order valence-electron chi connectivity index (χ3n) is 2.78. The minimum Gasteiger partial charge on any atom is -0.390 e. The SMILES string of the molecule is CC1CCc2sc(N)c(C(N)=O)c2C1. The number of hydrogen-bond acceptors (Lipinski definition) is 3. The van der Waals surface area contributed by atoms with Gasteiger partial charge in [0.15, 0.2) is 0 Å². The Bertz CT molecular complexity index is 384. The molecule has 0 aromatic carbocycles. The molecule has 4 heteroatoms. The molecule has 1 aromatic rings. The normalized spacial score (nSPS) is 20.5. The highest BCUT2D eigenvalue weighted by Gasteiger charge is 2.25. The van der Waals surface area contributed by atoms with Gasteiger partial charge in [0.05, 0.1) is 10.6 Å². The second kappa shape index (κ2) is 3.28. The lowest BCUT2D eigenvalue weighted by atomic mass is 9.87. The van der Waals surface area contributed by atoms with Gasteiger partial charge < -0.3 is 11.5 Å². The van der Waals surface area contributed by atoms with Crippen LogP contribution >= 0.6 is 11.3 Å². The number of hydrogen-bond donors (Lipinski definition) is 2. The minimum atomic E-state index is -0.380. The molecule has 76 valence electrons. The second-order valence-electron chi connectivity index (χ2n) is 3.96. The summed E-state index contributed by atoms with van der Waals surface area (Å²) in [5.74, 6) is 0.253. The van der Waals surface area contributed by atoms with Gasteiger partial charge in [-0.3, -0.25) is 4.79 Å². The molecule has 1 aromatic heterocycles. The Balaban J connectivity index is 2.50. The van der Waals surface area contributed by atoms with Crippen LogP contribution in [0.2, 0.25) is 0 Å². The summed E-state index contributed by atoms with van der Waals surface area (Å²) in [6.45, 7) is 2.20. The summed E-state index contributed by atoms with van der Waals surface area (Å²) in [6.07, 6.45) is 3.17. The fourth-order valence-corrected chi connectivity index (χ4v) is 3.17. The minimum absolute atomic E-state index is 0.380. The Labute approximate surface area is 87.1 Å². The first-order valence-corrected chi connectivity index (χ1v) is 5.61. The van der Waals surface area contributed by atoms with E-state index in [0.717, 1.165) is 18.4 Å². The maximum absolute atomic E-state index is 11.2. The Morgan fingerprint density at radius 1 is 1.57 bits per heavy atom. The van der Waals surface area contributed by atoms with Crippen molar-refractivity contribution < 1.29 is 4.79 Å². The fourth-order valence-electron chi connectivity index (χ4n) is 2.05. The molecule has 4 N–H and O–H groups in total. The van der Waals surface area contributed by atoms with Crippen LogP contribution in [0.4, 0.5) is 5.00 Å². The number of thiophene rings is 1. The van der Waals surface area contributed by atoms with Crippen LogP contribution in [-0.2, 0) is 12.8 Å². The predicted octanol–water partition coefficient (Wildman–Crippen LogP) is 1.55. The number of rotatable bonds is 1. The molecule has 1 aliphatic carbocycles. The van der Waals surface area contributed by atoms with E-state index in [9.17, 15) is 4.79 Å². The molecule has 1 heterocycles. The summed E-state index contributed by atoms with van der Waals surface area (Å²) < 4.78 is 0. The van der Waals surface area contributed by atoms with E-state index < -0.39 is 0 Å². The zero-order chi connectivity index (χ0) is 10.3. The molecule has 0 aliphatic heterocycles. The average molecular weight is 210 g/mol. The lowest BCUT2D eigenvalue weighted by Gasteiger charge is -2.18. The molecule has 14 heavy (non-hydrogen) atoms. The predicted molar refractivity (Wildman–Crippen MR) is 58.4 cm³/mol. The number of anilines is 1. The topological polar surface area (TPSA) is 69.1 Å². The van der Waals surface area contributed by atoms with Gasteiger partial charge in [-0.1, -0.05) is 6.92 Å². The van der Waals surface area contributed by atoms with Crippen LogP contribution in [-0.4, -0.2) is 5.91 Å². The molecule has 0 bridgehead atoms. The molecule has 0 saturated carbocycles. The van der Waals surface area contributed by atoms with Gasteiger partial charge in [0, 0.05) is 4.88 Å². The first-order valence-electron chi connectivity index (χ1n) is 4.79. The van der Waals surface area contributed by atoms with E-state index in [1.54, 1.807) is 0 Å². The standard InChI is InChI=1S/C10H14N2OS/c1-5-2-3-7-6(4-5)8(9(11)13)10(12)14-7/h5H,2-4,12H2,1H3,(H2,11,13). The van der Waals surface area contributed by atoms with E-state index in [1.807, 2.05) is 0 Å². The molecule has 1 unspecified atom stereocenters. The first kappa shape index (κ1) is 9.52. The van der Waals surface area contributed by atoms with Crippen molar-refractivity contribution in [1.82, 2.24) is 0 Å². The molecule has 1 amide bonds. The third kappa shape index (κ3) is 1.39. The van der Waals surface area contributed by atoms with Crippen LogP contribution < -0.4 is 11.5 Å². The fraction of sp³-hybridized carbons (Fsp3) is 0.500. The van der Waals surface area contributed by atoms with Gasteiger partial charge in [-0.2, -0.15) is 0 Å². The maximum Gasteiger partial charge on any atom is 0.251 e. The lowest BCUT2D eigenvalue weighted by Crippen LogP contribution is -2.17. The second-order valence-corrected chi connectivity index (χ2v) is 5.09. The Kier molecular flexibility index (Phi) is 2.23. The van der Waals surface area contributed by atoms with Crippen molar-refractivity contribution in [1.29, 1.82) is 0 Å². The molecule has 1 aliphatic rings. The van der Waals surface area contributed by atoms with E-state index in [-0.39, 0.29) is 5.91 Å². The number of fused-ring (bicyclic) bond motifs is 1. The summed E-state index contributed by atoms with van der Waals surface area (Å²) in [5, 5.41) is 0.594. The van der Waals surface area contributed by atoms with Crippen LogP contribution in [0.25, 0.3) is 0 Å². The number of primary amides is 1. The Morgan fingerprint density at radius 3 is 2.93 bits per heavy atom. The zero-order valence-corrected chi connectivity index (χ0v) is 8.99. The summed E-state index contributed by atoms with van der Waals surface area (Å²) in [4.78, 5) is 12.5. The van der Waals surface area contributed by atoms with Gasteiger partial charge in [-0.15, -0.1) is 11.3 Å². The molecule has 0 saturated heterocycles. The van der Waals surface area contributed by atoms with Crippen molar-refractivity contribution in [2.24, 2.45) is 11.7 Å². The van der Waals surface area contributed by atoms with Crippen LogP contribution in [0.5, 0.6) is 0 Å². The van der Waals surface area contributed by atoms with Gasteiger partial charge in [-0.05, 0) is 30.7 Å². The summed E-state index contributed by atoms with van der Waals surface area (Å²) in [5.41, 5.74) is 12.8. The molecular formula is C10H14N2OS. The van der Waals surface area contributed by atoms with Gasteiger partial charge in [0.2, 0.25) is 0 Å². The molecule has 0 radical (unpaired) electrons. The van der Waals surface area contributed by atoms with E-state index in [2.05, 4.69) is 6.92 Å². The van der Waals surface area contributed by atoms with E-state index >= 15 is 0 Å². The van der Waals surface area contributed by atoms with Crippen molar-refractivity contribution >= 4 is 22.2 Å². The van der Waals surface area contributed by atoms with Crippen molar-refractivity contribution in [3.8, 4) is 0 Å². The van der Waals surface area contributed by atoms with Crippen molar-refractivity contribution in [2.75, 3.05) is 5.73 Å². The molecule has 0 fully saturated rings. The molecular weight excluding hydrogens is 196 g/mol. The number of carbonyl (C=O) groups is 1. The smallest absolute Gasteiger partial charge is 0.251 e. The Hall–Kier alpha value is -1.03. The number of aryl methyl sites for hydroxylation is 1. The number of amides is 1. The third-order valence-corrected chi connectivity index (χ3v) is 3.90. The van der Waals surface area contributed by atoms with Crippen LogP contribution in [0, 0.1) is 5.92 Å². The molecule has 1 atom stereocenters. The lowest BCUT2D eigenvalue weighted by molar-refractivity contribution is 0.100. The van der Waals surface area contributed by atoms with Crippen LogP contribution in [0.1, 0.15) is 34.1 Å². The Morgan fingerprint density at radius 2 is 2.29 bits per heavy atom. The van der Waals surface area contributed by atoms with E-state index in [4.69, 9.17) is 11.5 Å². The van der Waals surface area contributed by atoms with Crippen molar-refractivity contribution in [2.45, 2.75) is 26.2 Å². The van der Waals surface area contributed by atoms with E-state index in [0.29, 0.717) is 16.5 Å². The highest BCUT2D eigenvalue weighted by molar-refractivity contribution is 7.16. The summed E-state index contributed by atoms with van der Waals surface area (Å²) >= 11 is 1.52. The van der Waals surface area contributed by atoms with Gasteiger partial charge in [-0.25, -0.2) is 0 Å². The first-order chi connectivity index (χ1) is 6.59. The highest BCUT2D eigenvalue weighted by atomic mass is 32.1. The summed E-state index contributed by atoms with van der Waals surface area (Å²) in [7, 11) is 0. The quantitative estimate of drug-likeness (QED) is 0.738. The largest absolute Gasteiger partial charge is 0.390 e. The molecule has 3 nitrogen and oxygen atoms in total. The monoisotopic (exact) mass is 210 g/mol. The van der Waals surface area contributed by atoms with Crippen molar-refractivity contribution in [3.63, 3.8) is 0 Å². The van der Waals surface area contributed by atoms with Gasteiger partial charge in [0.1, 0.15) is 0 Å². The van der Waals surface area contributed by atoms with Crippen molar-refractivity contribution in [3.05, 3.63) is 16.0 Å². The van der Waals surface area contributed by atoms with Gasteiger partial charge in [0.25, 0.3) is 5.91 Å². The summed E-state index contributed by atoms with van der Waals surface area (Å²) in [6, 6.07) is 0. The molecule has 2 rings (SSSR count). The van der Waals surface area contributed by atoms with Gasteiger partial charge >= 0.3 is 0 Å².